The normalized spacial score (nSPS) is 15.2. The zero-order valence-electron chi connectivity index (χ0n) is 10.4. The van der Waals surface area contributed by atoms with Crippen LogP contribution in [0.1, 0.15) is 21.6 Å². The van der Waals surface area contributed by atoms with E-state index in [4.69, 9.17) is 5.11 Å². The second-order valence-electron chi connectivity index (χ2n) is 4.60. The van der Waals surface area contributed by atoms with Crippen LogP contribution in [-0.4, -0.2) is 28.8 Å². The molecule has 1 aliphatic rings. The number of aromatic amines is 1. The summed E-state index contributed by atoms with van der Waals surface area (Å²) in [5.74, 6) is -1.18. The quantitative estimate of drug-likeness (QED) is 0.895. The lowest BCUT2D eigenvalue weighted by Crippen LogP contribution is -2.25. The van der Waals surface area contributed by atoms with Gasteiger partial charge in [-0.15, -0.1) is 0 Å². The molecule has 20 heavy (non-hydrogen) atoms. The molecule has 3 rings (SSSR count). The summed E-state index contributed by atoms with van der Waals surface area (Å²) in [6, 6.07) is 8.66. The zero-order chi connectivity index (χ0) is 14.3. The van der Waals surface area contributed by atoms with Crippen LogP contribution < -0.4 is 0 Å². The molecule has 0 bridgehead atoms. The van der Waals surface area contributed by atoms with Gasteiger partial charge in [0.1, 0.15) is 10.6 Å². The van der Waals surface area contributed by atoms with Crippen LogP contribution in [0.5, 0.6) is 0 Å². The first-order valence-corrected chi connectivity index (χ1v) is 7.41. The van der Waals surface area contributed by atoms with Crippen molar-refractivity contribution in [3.8, 4) is 0 Å². The molecule has 1 aromatic heterocycles. The summed E-state index contributed by atoms with van der Waals surface area (Å²) in [6.45, 7) is 0.623. The number of benzene rings is 1. The van der Waals surface area contributed by atoms with E-state index in [0.29, 0.717) is 13.1 Å². The first-order chi connectivity index (χ1) is 9.48. The lowest BCUT2D eigenvalue weighted by atomic mass is 10.1. The standard InChI is InChI=1S/C13H12N2O4S/c16-13(17)12-5-11(6-14-12)20(18,19)15-7-9-3-1-2-4-10(9)8-15/h1-6,14H,7-8H2,(H,16,17). The minimum absolute atomic E-state index is 0.0253. The molecule has 2 heterocycles. The molecule has 0 aliphatic carbocycles. The van der Waals surface area contributed by atoms with Crippen molar-refractivity contribution in [1.82, 2.24) is 9.29 Å². The Labute approximate surface area is 115 Å². The highest BCUT2D eigenvalue weighted by Crippen LogP contribution is 2.28. The fraction of sp³-hybridized carbons (Fsp3) is 0.154. The van der Waals surface area contributed by atoms with E-state index in [1.165, 1.54) is 10.5 Å². The maximum atomic E-state index is 12.5. The predicted molar refractivity (Wildman–Crippen MR) is 70.6 cm³/mol. The number of carboxylic acids is 1. The maximum Gasteiger partial charge on any atom is 0.352 e. The highest BCUT2D eigenvalue weighted by Gasteiger charge is 2.31. The third kappa shape index (κ3) is 2.00. The summed E-state index contributed by atoms with van der Waals surface area (Å²) in [6.07, 6.45) is 1.21. The Morgan fingerprint density at radius 1 is 1.20 bits per heavy atom. The van der Waals surface area contributed by atoms with Crippen LogP contribution in [0.4, 0.5) is 0 Å². The summed E-state index contributed by atoms with van der Waals surface area (Å²) >= 11 is 0. The average molecular weight is 292 g/mol. The topological polar surface area (TPSA) is 90.5 Å². The summed E-state index contributed by atoms with van der Waals surface area (Å²) < 4.78 is 26.2. The summed E-state index contributed by atoms with van der Waals surface area (Å²) in [4.78, 5) is 13.2. The Hall–Kier alpha value is -2.12. The van der Waals surface area contributed by atoms with Crippen molar-refractivity contribution in [3.63, 3.8) is 0 Å². The van der Waals surface area contributed by atoms with Gasteiger partial charge in [-0.25, -0.2) is 13.2 Å². The Morgan fingerprint density at radius 3 is 2.30 bits per heavy atom. The number of H-pyrrole nitrogens is 1. The predicted octanol–water partition coefficient (Wildman–Crippen LogP) is 1.42. The van der Waals surface area contributed by atoms with Crippen molar-refractivity contribution < 1.29 is 18.3 Å². The number of sulfonamides is 1. The molecule has 2 aromatic rings. The molecule has 1 aromatic carbocycles. The van der Waals surface area contributed by atoms with Crippen molar-refractivity contribution in [2.24, 2.45) is 0 Å². The third-order valence-corrected chi connectivity index (χ3v) is 5.11. The van der Waals surface area contributed by atoms with Gasteiger partial charge < -0.3 is 10.1 Å². The molecular formula is C13H12N2O4S. The Kier molecular flexibility index (Phi) is 2.88. The Balaban J connectivity index is 1.92. The highest BCUT2D eigenvalue weighted by molar-refractivity contribution is 7.89. The second kappa shape index (κ2) is 4.46. The zero-order valence-corrected chi connectivity index (χ0v) is 11.2. The van der Waals surface area contributed by atoms with Gasteiger partial charge in [0.25, 0.3) is 0 Å². The highest BCUT2D eigenvalue weighted by atomic mass is 32.2. The molecule has 2 N–H and O–H groups in total. The van der Waals surface area contributed by atoms with Gasteiger partial charge in [-0.2, -0.15) is 4.31 Å². The number of hydrogen-bond acceptors (Lipinski definition) is 3. The number of carboxylic acid groups (broad SMARTS) is 1. The van der Waals surface area contributed by atoms with Crippen molar-refractivity contribution in [1.29, 1.82) is 0 Å². The number of nitrogens with one attached hydrogen (secondary N) is 1. The van der Waals surface area contributed by atoms with Gasteiger partial charge in [0.15, 0.2) is 0 Å². The van der Waals surface area contributed by atoms with Crippen molar-refractivity contribution in [2.75, 3.05) is 0 Å². The number of aromatic nitrogens is 1. The smallest absolute Gasteiger partial charge is 0.352 e. The van der Waals surface area contributed by atoms with Gasteiger partial charge in [0.05, 0.1) is 0 Å². The molecule has 0 spiro atoms. The average Bonchev–Trinajstić information content (AvgIpc) is 3.06. The number of hydrogen-bond donors (Lipinski definition) is 2. The van der Waals surface area contributed by atoms with Crippen LogP contribution in [0.2, 0.25) is 0 Å². The van der Waals surface area contributed by atoms with Crippen LogP contribution in [-0.2, 0) is 23.1 Å². The first kappa shape index (κ1) is 12.9. The molecule has 7 heteroatoms. The number of nitrogens with zero attached hydrogens (tertiary/aromatic N) is 1. The largest absolute Gasteiger partial charge is 0.477 e. The lowest BCUT2D eigenvalue weighted by Gasteiger charge is -2.14. The summed E-state index contributed by atoms with van der Waals surface area (Å²) in [5.41, 5.74) is 1.82. The van der Waals surface area contributed by atoms with E-state index in [1.807, 2.05) is 24.3 Å². The summed E-state index contributed by atoms with van der Waals surface area (Å²) in [5, 5.41) is 8.83. The van der Waals surface area contributed by atoms with E-state index in [2.05, 4.69) is 4.98 Å². The van der Waals surface area contributed by atoms with E-state index in [1.54, 1.807) is 0 Å². The van der Waals surface area contributed by atoms with E-state index in [0.717, 1.165) is 17.2 Å². The first-order valence-electron chi connectivity index (χ1n) is 5.97. The Bertz CT molecular complexity index is 754. The molecule has 0 radical (unpaired) electrons. The van der Waals surface area contributed by atoms with Gasteiger partial charge in [0, 0.05) is 19.3 Å². The molecule has 0 fully saturated rings. The van der Waals surface area contributed by atoms with Crippen LogP contribution in [0.25, 0.3) is 0 Å². The van der Waals surface area contributed by atoms with Gasteiger partial charge in [-0.05, 0) is 17.2 Å². The van der Waals surface area contributed by atoms with Gasteiger partial charge in [0.2, 0.25) is 10.0 Å². The van der Waals surface area contributed by atoms with E-state index >= 15 is 0 Å². The van der Waals surface area contributed by atoms with Gasteiger partial charge >= 0.3 is 5.97 Å². The summed E-state index contributed by atoms with van der Waals surface area (Å²) in [7, 11) is -3.68. The Morgan fingerprint density at radius 2 is 1.80 bits per heavy atom. The molecule has 0 atom stereocenters. The lowest BCUT2D eigenvalue weighted by molar-refractivity contribution is 0.0691. The number of aromatic carboxylic acids is 1. The molecule has 1 aliphatic heterocycles. The third-order valence-electron chi connectivity index (χ3n) is 3.34. The minimum Gasteiger partial charge on any atom is -0.477 e. The molecule has 0 unspecified atom stereocenters. The molecule has 6 nitrogen and oxygen atoms in total. The van der Waals surface area contributed by atoms with E-state index in [-0.39, 0.29) is 10.6 Å². The van der Waals surface area contributed by atoms with Crippen molar-refractivity contribution in [2.45, 2.75) is 18.0 Å². The van der Waals surface area contributed by atoms with E-state index < -0.39 is 16.0 Å². The fourth-order valence-electron chi connectivity index (χ4n) is 2.27. The fourth-order valence-corrected chi connectivity index (χ4v) is 3.66. The van der Waals surface area contributed by atoms with Crippen LogP contribution >= 0.6 is 0 Å². The van der Waals surface area contributed by atoms with Crippen LogP contribution in [0, 0.1) is 0 Å². The molecule has 0 saturated heterocycles. The van der Waals surface area contributed by atoms with Gasteiger partial charge in [-0.1, -0.05) is 24.3 Å². The number of fused-ring (bicyclic) bond motifs is 1. The van der Waals surface area contributed by atoms with Crippen molar-refractivity contribution >= 4 is 16.0 Å². The minimum atomic E-state index is -3.68. The van der Waals surface area contributed by atoms with E-state index in [9.17, 15) is 13.2 Å². The number of carbonyl (C=O) groups is 1. The second-order valence-corrected chi connectivity index (χ2v) is 6.53. The molecule has 104 valence electrons. The monoisotopic (exact) mass is 292 g/mol. The maximum absolute atomic E-state index is 12.5. The number of rotatable bonds is 3. The van der Waals surface area contributed by atoms with Crippen LogP contribution in [0.15, 0.2) is 41.4 Å². The van der Waals surface area contributed by atoms with Crippen molar-refractivity contribution in [3.05, 3.63) is 53.3 Å². The molecule has 0 saturated carbocycles. The van der Waals surface area contributed by atoms with Crippen LogP contribution in [0.3, 0.4) is 0 Å². The van der Waals surface area contributed by atoms with Gasteiger partial charge in [-0.3, -0.25) is 0 Å². The molecule has 0 amide bonds. The SMILES string of the molecule is O=C(O)c1cc(S(=O)(=O)N2Cc3ccccc3C2)c[nH]1. The molecular weight excluding hydrogens is 280 g/mol.